The second-order valence-electron chi connectivity index (χ2n) is 5.32. The molecule has 104 valence electrons. The number of nitrogens with zero attached hydrogens (tertiary/aromatic N) is 1. The highest BCUT2D eigenvalue weighted by molar-refractivity contribution is 5.82. The number of nitrogens with one attached hydrogen (secondary N) is 1. The fraction of sp³-hybridized carbons (Fsp3) is 0.846. The summed E-state index contributed by atoms with van der Waals surface area (Å²) >= 11 is 0. The van der Waals surface area contributed by atoms with Crippen LogP contribution in [0.25, 0.3) is 0 Å². The molecule has 2 amide bonds. The molecule has 0 bridgehead atoms. The second-order valence-corrected chi connectivity index (χ2v) is 5.32. The quantitative estimate of drug-likeness (QED) is 0.807. The van der Waals surface area contributed by atoms with Crippen molar-refractivity contribution >= 4 is 12.0 Å². The highest BCUT2D eigenvalue weighted by Gasteiger charge is 2.28. The molecule has 18 heavy (non-hydrogen) atoms. The van der Waals surface area contributed by atoms with Crippen molar-refractivity contribution < 1.29 is 14.7 Å². The first-order valence-corrected chi connectivity index (χ1v) is 6.74. The summed E-state index contributed by atoms with van der Waals surface area (Å²) in [5.41, 5.74) is 0. The van der Waals surface area contributed by atoms with Gasteiger partial charge in [-0.1, -0.05) is 27.2 Å². The van der Waals surface area contributed by atoms with E-state index in [1.807, 2.05) is 13.8 Å². The highest BCUT2D eigenvalue weighted by atomic mass is 16.4. The zero-order valence-corrected chi connectivity index (χ0v) is 11.5. The number of rotatable bonds is 4. The van der Waals surface area contributed by atoms with E-state index < -0.39 is 12.0 Å². The van der Waals surface area contributed by atoms with Crippen LogP contribution in [0.1, 0.15) is 40.0 Å². The van der Waals surface area contributed by atoms with Crippen LogP contribution in [0.15, 0.2) is 0 Å². The van der Waals surface area contributed by atoms with Crippen molar-refractivity contribution in [2.75, 3.05) is 13.1 Å². The van der Waals surface area contributed by atoms with Crippen molar-refractivity contribution in [3.63, 3.8) is 0 Å². The van der Waals surface area contributed by atoms with Crippen LogP contribution in [0.5, 0.6) is 0 Å². The number of amides is 2. The van der Waals surface area contributed by atoms with Crippen molar-refractivity contribution in [3.8, 4) is 0 Å². The summed E-state index contributed by atoms with van der Waals surface area (Å²) in [7, 11) is 0. The molecular weight excluding hydrogens is 232 g/mol. The number of carbonyl (C=O) groups is 2. The van der Waals surface area contributed by atoms with E-state index in [-0.39, 0.29) is 11.9 Å². The lowest BCUT2D eigenvalue weighted by Gasteiger charge is -2.32. The summed E-state index contributed by atoms with van der Waals surface area (Å²) in [6.45, 7) is 7.39. The third kappa shape index (κ3) is 3.89. The molecule has 0 aliphatic carbocycles. The maximum atomic E-state index is 12.0. The van der Waals surface area contributed by atoms with Gasteiger partial charge in [0.05, 0.1) is 0 Å². The van der Waals surface area contributed by atoms with Gasteiger partial charge >= 0.3 is 12.0 Å². The Kier molecular flexibility index (Phi) is 5.44. The Bertz CT molecular complexity index is 299. The Morgan fingerprint density at radius 2 is 1.94 bits per heavy atom. The van der Waals surface area contributed by atoms with Gasteiger partial charge in [-0.25, -0.2) is 9.59 Å². The largest absolute Gasteiger partial charge is 0.480 e. The molecule has 1 aliphatic heterocycles. The minimum Gasteiger partial charge on any atom is -0.480 e. The third-order valence-corrected chi connectivity index (χ3v) is 3.83. The SMILES string of the molecule is CC[C@H](C)[C@@H](NC(=O)N1CCC(C)CC1)C(=O)O. The summed E-state index contributed by atoms with van der Waals surface area (Å²) < 4.78 is 0. The zero-order valence-electron chi connectivity index (χ0n) is 11.5. The van der Waals surface area contributed by atoms with E-state index in [1.54, 1.807) is 4.90 Å². The molecule has 0 unspecified atom stereocenters. The average molecular weight is 256 g/mol. The number of hydrogen-bond donors (Lipinski definition) is 2. The number of likely N-dealkylation sites (tertiary alicyclic amines) is 1. The lowest BCUT2D eigenvalue weighted by atomic mass is 9.98. The number of aliphatic carboxylic acids is 1. The van der Waals surface area contributed by atoms with Gasteiger partial charge < -0.3 is 15.3 Å². The van der Waals surface area contributed by atoms with Gasteiger partial charge in [0.2, 0.25) is 0 Å². The minimum absolute atomic E-state index is 0.0600. The molecule has 2 atom stereocenters. The third-order valence-electron chi connectivity index (χ3n) is 3.83. The summed E-state index contributed by atoms with van der Waals surface area (Å²) in [4.78, 5) is 24.8. The van der Waals surface area contributed by atoms with Crippen LogP contribution in [-0.4, -0.2) is 41.1 Å². The topological polar surface area (TPSA) is 69.6 Å². The van der Waals surface area contributed by atoms with Crippen LogP contribution in [-0.2, 0) is 4.79 Å². The summed E-state index contributed by atoms with van der Waals surface area (Å²) in [6.07, 6.45) is 2.72. The Labute approximate surface area is 109 Å². The van der Waals surface area contributed by atoms with Crippen molar-refractivity contribution in [2.24, 2.45) is 11.8 Å². The smallest absolute Gasteiger partial charge is 0.326 e. The highest BCUT2D eigenvalue weighted by Crippen LogP contribution is 2.16. The van der Waals surface area contributed by atoms with Crippen LogP contribution >= 0.6 is 0 Å². The molecule has 2 N–H and O–H groups in total. The Hall–Kier alpha value is -1.26. The van der Waals surface area contributed by atoms with E-state index in [0.29, 0.717) is 5.92 Å². The van der Waals surface area contributed by atoms with Gasteiger partial charge in [-0.3, -0.25) is 0 Å². The molecule has 5 heteroatoms. The van der Waals surface area contributed by atoms with E-state index in [9.17, 15) is 9.59 Å². The first kappa shape index (κ1) is 14.8. The Morgan fingerprint density at radius 1 is 1.39 bits per heavy atom. The monoisotopic (exact) mass is 256 g/mol. The van der Waals surface area contributed by atoms with Crippen LogP contribution in [0, 0.1) is 11.8 Å². The van der Waals surface area contributed by atoms with Gasteiger partial charge in [-0.2, -0.15) is 0 Å². The molecule has 1 saturated heterocycles. The number of urea groups is 1. The molecular formula is C13H24N2O3. The van der Waals surface area contributed by atoms with E-state index in [0.717, 1.165) is 32.4 Å². The van der Waals surface area contributed by atoms with Crippen LogP contribution in [0.2, 0.25) is 0 Å². The first-order valence-electron chi connectivity index (χ1n) is 6.74. The maximum Gasteiger partial charge on any atom is 0.326 e. The maximum absolute atomic E-state index is 12.0. The number of piperidine rings is 1. The normalized spacial score (nSPS) is 20.3. The number of carboxylic acid groups (broad SMARTS) is 1. The lowest BCUT2D eigenvalue weighted by Crippen LogP contribution is -2.52. The lowest BCUT2D eigenvalue weighted by molar-refractivity contribution is -0.140. The van der Waals surface area contributed by atoms with Crippen molar-refractivity contribution in [1.29, 1.82) is 0 Å². The second kappa shape index (κ2) is 6.61. The van der Waals surface area contributed by atoms with Gasteiger partial charge in [0, 0.05) is 13.1 Å². The summed E-state index contributed by atoms with van der Waals surface area (Å²) in [6, 6.07) is -1.03. The molecule has 0 aromatic heterocycles. The molecule has 1 heterocycles. The molecule has 1 rings (SSSR count). The van der Waals surface area contributed by atoms with Gasteiger partial charge in [-0.05, 0) is 24.7 Å². The number of hydrogen-bond acceptors (Lipinski definition) is 2. The van der Waals surface area contributed by atoms with E-state index in [1.165, 1.54) is 0 Å². The first-order chi connectivity index (χ1) is 8.45. The van der Waals surface area contributed by atoms with Crippen LogP contribution in [0.3, 0.4) is 0 Å². The standard InChI is InChI=1S/C13H24N2O3/c1-4-10(3)11(12(16)17)14-13(18)15-7-5-9(2)6-8-15/h9-11H,4-8H2,1-3H3,(H,14,18)(H,16,17)/t10-,11+/m0/s1. The van der Waals surface area contributed by atoms with Gasteiger partial charge in [0.15, 0.2) is 0 Å². The van der Waals surface area contributed by atoms with E-state index in [4.69, 9.17) is 5.11 Å². The number of carboxylic acids is 1. The van der Waals surface area contributed by atoms with Crippen molar-refractivity contribution in [1.82, 2.24) is 10.2 Å². The minimum atomic E-state index is -0.955. The molecule has 5 nitrogen and oxygen atoms in total. The molecule has 0 spiro atoms. The van der Waals surface area contributed by atoms with Crippen molar-refractivity contribution in [2.45, 2.75) is 46.1 Å². The van der Waals surface area contributed by atoms with Crippen molar-refractivity contribution in [3.05, 3.63) is 0 Å². The fourth-order valence-corrected chi connectivity index (χ4v) is 2.12. The van der Waals surface area contributed by atoms with Gasteiger partial charge in [-0.15, -0.1) is 0 Å². The molecule has 0 aromatic rings. The average Bonchev–Trinajstić information content (AvgIpc) is 2.35. The molecule has 0 aromatic carbocycles. The van der Waals surface area contributed by atoms with Crippen LogP contribution < -0.4 is 5.32 Å². The summed E-state index contributed by atoms with van der Waals surface area (Å²) in [5, 5.41) is 11.8. The Balaban J connectivity index is 2.53. The molecule has 1 fully saturated rings. The predicted molar refractivity (Wildman–Crippen MR) is 69.4 cm³/mol. The number of carbonyl (C=O) groups excluding carboxylic acids is 1. The Morgan fingerprint density at radius 3 is 2.39 bits per heavy atom. The van der Waals surface area contributed by atoms with Gasteiger partial charge in [0.1, 0.15) is 6.04 Å². The zero-order chi connectivity index (χ0) is 13.7. The fourth-order valence-electron chi connectivity index (χ4n) is 2.12. The van der Waals surface area contributed by atoms with Gasteiger partial charge in [0.25, 0.3) is 0 Å². The predicted octanol–water partition coefficient (Wildman–Crippen LogP) is 1.93. The summed E-state index contributed by atoms with van der Waals surface area (Å²) in [5.74, 6) is -0.364. The molecule has 0 saturated carbocycles. The molecule has 0 radical (unpaired) electrons. The van der Waals surface area contributed by atoms with E-state index >= 15 is 0 Å². The van der Waals surface area contributed by atoms with E-state index in [2.05, 4.69) is 12.2 Å². The van der Waals surface area contributed by atoms with Crippen LogP contribution in [0.4, 0.5) is 4.79 Å². The molecule has 1 aliphatic rings.